The Labute approximate surface area is 196 Å². The second-order valence-corrected chi connectivity index (χ2v) is 9.46. The minimum absolute atomic E-state index is 0.0456. The van der Waals surface area contributed by atoms with Crippen molar-refractivity contribution in [2.24, 2.45) is 5.92 Å². The van der Waals surface area contributed by atoms with E-state index in [0.29, 0.717) is 25.0 Å². The van der Waals surface area contributed by atoms with Crippen molar-refractivity contribution in [2.75, 3.05) is 19.6 Å². The van der Waals surface area contributed by atoms with Crippen LogP contribution in [0.1, 0.15) is 69.9 Å². The van der Waals surface area contributed by atoms with E-state index in [1.165, 1.54) is 0 Å². The van der Waals surface area contributed by atoms with Crippen LogP contribution in [0.3, 0.4) is 0 Å². The summed E-state index contributed by atoms with van der Waals surface area (Å²) in [7, 11) is 0. The molecule has 2 N–H and O–H groups in total. The van der Waals surface area contributed by atoms with E-state index in [2.05, 4.69) is 22.5 Å². The van der Waals surface area contributed by atoms with Gasteiger partial charge in [-0.05, 0) is 56.8 Å². The van der Waals surface area contributed by atoms with Crippen molar-refractivity contribution in [1.29, 1.82) is 0 Å². The van der Waals surface area contributed by atoms with Crippen LogP contribution in [0.2, 0.25) is 0 Å². The van der Waals surface area contributed by atoms with E-state index in [1.807, 2.05) is 32.0 Å². The molecule has 0 saturated carbocycles. The van der Waals surface area contributed by atoms with Gasteiger partial charge in [0.05, 0.1) is 12.6 Å². The van der Waals surface area contributed by atoms with Crippen LogP contribution in [-0.4, -0.2) is 54.2 Å². The van der Waals surface area contributed by atoms with Crippen LogP contribution >= 0.6 is 0 Å². The summed E-state index contributed by atoms with van der Waals surface area (Å²) in [6, 6.07) is 7.83. The Hall–Kier alpha value is -2.67. The van der Waals surface area contributed by atoms with Gasteiger partial charge in [-0.1, -0.05) is 51.8 Å². The Balaban J connectivity index is 1.62. The van der Waals surface area contributed by atoms with Crippen molar-refractivity contribution in [1.82, 2.24) is 15.5 Å². The van der Waals surface area contributed by atoms with Gasteiger partial charge in [0.1, 0.15) is 11.6 Å². The van der Waals surface area contributed by atoms with Gasteiger partial charge < -0.3 is 15.1 Å². The molecule has 1 aromatic carbocycles. The third kappa shape index (κ3) is 7.16. The van der Waals surface area contributed by atoms with Crippen LogP contribution in [0.4, 0.5) is 0 Å². The summed E-state index contributed by atoms with van der Waals surface area (Å²) in [5, 5.41) is 6.58. The molecule has 2 amide bonds. The molecule has 1 aliphatic heterocycles. The minimum Gasteiger partial charge on any atom is -0.451 e. The number of fused-ring (bicyclic) bond motifs is 1. The molecule has 1 unspecified atom stereocenters. The van der Waals surface area contributed by atoms with Gasteiger partial charge in [-0.3, -0.25) is 19.3 Å². The number of para-hydroxylation sites is 1. The number of nitrogens with one attached hydrogen (secondary N) is 2. The van der Waals surface area contributed by atoms with Crippen LogP contribution in [0.25, 0.3) is 11.0 Å². The van der Waals surface area contributed by atoms with Crippen molar-refractivity contribution in [3.8, 4) is 0 Å². The molecule has 33 heavy (non-hydrogen) atoms. The normalized spacial score (nSPS) is 18.3. The number of unbranched alkanes of at least 4 members (excludes halogenated alkanes) is 2. The number of nitrogens with zero attached hydrogens (tertiary/aromatic N) is 1. The van der Waals surface area contributed by atoms with Crippen LogP contribution in [-0.2, 0) is 9.59 Å². The van der Waals surface area contributed by atoms with E-state index in [0.717, 1.165) is 44.2 Å². The first-order valence-corrected chi connectivity index (χ1v) is 12.2. The van der Waals surface area contributed by atoms with E-state index in [-0.39, 0.29) is 23.4 Å². The van der Waals surface area contributed by atoms with Crippen LogP contribution in [0.5, 0.6) is 0 Å². The van der Waals surface area contributed by atoms with Gasteiger partial charge in [0.2, 0.25) is 5.91 Å². The van der Waals surface area contributed by atoms with Gasteiger partial charge in [0, 0.05) is 5.39 Å². The van der Waals surface area contributed by atoms with E-state index in [4.69, 9.17) is 4.42 Å². The number of carbonyl (C=O) groups is 3. The van der Waals surface area contributed by atoms with E-state index in [9.17, 15) is 14.4 Å². The molecular formula is C26H37N3O4. The first kappa shape index (κ1) is 25.0. The zero-order valence-corrected chi connectivity index (χ0v) is 20.1. The highest BCUT2D eigenvalue weighted by Gasteiger charge is 2.30. The van der Waals surface area contributed by atoms with Crippen LogP contribution in [0.15, 0.2) is 34.7 Å². The highest BCUT2D eigenvalue weighted by molar-refractivity contribution is 5.99. The largest absolute Gasteiger partial charge is 0.451 e. The molecule has 3 rings (SSSR count). The third-order valence-corrected chi connectivity index (χ3v) is 6.11. The zero-order chi connectivity index (χ0) is 23.8. The molecule has 1 fully saturated rings. The average molecular weight is 456 g/mol. The summed E-state index contributed by atoms with van der Waals surface area (Å²) in [4.78, 5) is 41.0. The summed E-state index contributed by atoms with van der Waals surface area (Å²) in [5.74, 6) is -0.335. The third-order valence-electron chi connectivity index (χ3n) is 6.11. The molecule has 2 heterocycles. The fourth-order valence-corrected chi connectivity index (χ4v) is 4.32. The second kappa shape index (κ2) is 12.0. The number of benzene rings is 1. The number of Topliss-reactive ketones (excluding diaryl/α,β-unsaturated/α-hetero) is 1. The Kier molecular flexibility index (Phi) is 9.06. The summed E-state index contributed by atoms with van der Waals surface area (Å²) >= 11 is 0. The van der Waals surface area contributed by atoms with Crippen molar-refractivity contribution in [2.45, 2.75) is 71.4 Å². The average Bonchev–Trinajstić information content (AvgIpc) is 3.14. The Bertz CT molecular complexity index is 919. The number of rotatable bonds is 10. The maximum atomic E-state index is 13.1. The van der Waals surface area contributed by atoms with Crippen molar-refractivity contribution in [3.05, 3.63) is 36.1 Å². The smallest absolute Gasteiger partial charge is 0.287 e. The fraction of sp³-hybridized carbons (Fsp3) is 0.577. The lowest BCUT2D eigenvalue weighted by Gasteiger charge is -2.23. The molecule has 0 bridgehead atoms. The molecule has 1 aliphatic rings. The van der Waals surface area contributed by atoms with E-state index < -0.39 is 18.0 Å². The van der Waals surface area contributed by atoms with Gasteiger partial charge in [-0.2, -0.15) is 0 Å². The van der Waals surface area contributed by atoms with Crippen LogP contribution in [0, 0.1) is 5.92 Å². The van der Waals surface area contributed by atoms with E-state index in [1.54, 1.807) is 12.1 Å². The summed E-state index contributed by atoms with van der Waals surface area (Å²) < 4.78 is 5.65. The molecule has 7 nitrogen and oxygen atoms in total. The molecule has 0 aliphatic carbocycles. The van der Waals surface area contributed by atoms with Crippen molar-refractivity contribution >= 4 is 28.6 Å². The monoisotopic (exact) mass is 455 g/mol. The lowest BCUT2D eigenvalue weighted by molar-refractivity contribution is -0.129. The van der Waals surface area contributed by atoms with Crippen molar-refractivity contribution in [3.63, 3.8) is 0 Å². The molecule has 2 atom stereocenters. The van der Waals surface area contributed by atoms with Crippen LogP contribution < -0.4 is 10.6 Å². The SMILES string of the molecule is CCCCCN1CCC[C@H](NC(=O)C(CC(C)C)NC(=O)c2cc3ccccc3o2)C(=O)C1. The number of hydrogen-bond acceptors (Lipinski definition) is 5. The van der Waals surface area contributed by atoms with Gasteiger partial charge in [0.15, 0.2) is 11.5 Å². The molecule has 0 spiro atoms. The molecule has 1 saturated heterocycles. The lowest BCUT2D eigenvalue weighted by atomic mass is 10.0. The first-order valence-electron chi connectivity index (χ1n) is 12.2. The number of hydrogen-bond donors (Lipinski definition) is 2. The topological polar surface area (TPSA) is 91.7 Å². The number of amides is 2. The number of likely N-dealkylation sites (tertiary alicyclic amines) is 1. The summed E-state index contributed by atoms with van der Waals surface area (Å²) in [6.07, 6.45) is 5.36. The Morgan fingerprint density at radius 3 is 2.73 bits per heavy atom. The zero-order valence-electron chi connectivity index (χ0n) is 20.1. The maximum absolute atomic E-state index is 13.1. The van der Waals surface area contributed by atoms with Gasteiger partial charge in [0.25, 0.3) is 5.91 Å². The molecule has 7 heteroatoms. The van der Waals surface area contributed by atoms with Gasteiger partial charge in [-0.25, -0.2) is 0 Å². The standard InChI is InChI=1S/C26H37N3O4/c1-4-5-8-13-29-14-9-11-20(22(30)17-29)27-25(31)21(15-18(2)3)28-26(32)24-16-19-10-6-7-12-23(19)33-24/h6-7,10,12,16,18,20-21H,4-5,8-9,11,13-15,17H2,1-3H3,(H,27,31)(H,28,32)/t20-,21?/m0/s1. The summed E-state index contributed by atoms with van der Waals surface area (Å²) in [5.41, 5.74) is 0.625. The lowest BCUT2D eigenvalue weighted by Crippen LogP contribution is -2.52. The van der Waals surface area contributed by atoms with E-state index >= 15 is 0 Å². The Morgan fingerprint density at radius 1 is 1.21 bits per heavy atom. The number of carbonyl (C=O) groups excluding carboxylic acids is 3. The van der Waals surface area contributed by atoms with Gasteiger partial charge in [-0.15, -0.1) is 0 Å². The maximum Gasteiger partial charge on any atom is 0.287 e. The quantitative estimate of drug-likeness (QED) is 0.530. The molecular weight excluding hydrogens is 418 g/mol. The number of ketones is 1. The Morgan fingerprint density at radius 2 is 2.00 bits per heavy atom. The molecule has 2 aromatic rings. The molecule has 180 valence electrons. The predicted octanol–water partition coefficient (Wildman–Crippen LogP) is 3.92. The summed E-state index contributed by atoms with van der Waals surface area (Å²) in [6.45, 7) is 8.33. The molecule has 0 radical (unpaired) electrons. The molecule has 1 aromatic heterocycles. The second-order valence-electron chi connectivity index (χ2n) is 9.46. The fourth-order valence-electron chi connectivity index (χ4n) is 4.32. The first-order chi connectivity index (χ1) is 15.9. The van der Waals surface area contributed by atoms with Crippen molar-refractivity contribution < 1.29 is 18.8 Å². The van der Waals surface area contributed by atoms with Gasteiger partial charge >= 0.3 is 0 Å². The minimum atomic E-state index is -0.734. The highest BCUT2D eigenvalue weighted by atomic mass is 16.3. The highest BCUT2D eigenvalue weighted by Crippen LogP contribution is 2.19. The number of furan rings is 1. The predicted molar refractivity (Wildman–Crippen MR) is 129 cm³/mol.